The van der Waals surface area contributed by atoms with Crippen molar-refractivity contribution in [3.8, 4) is 11.1 Å². The third-order valence-electron chi connectivity index (χ3n) is 6.42. The molecular formula is C25H32N6O2. The van der Waals surface area contributed by atoms with Crippen LogP contribution >= 0.6 is 0 Å². The molecule has 0 radical (unpaired) electrons. The molecule has 0 saturated carbocycles. The van der Waals surface area contributed by atoms with Crippen LogP contribution in [-0.4, -0.2) is 51.6 Å². The van der Waals surface area contributed by atoms with Crippen molar-refractivity contribution in [2.24, 2.45) is 0 Å². The van der Waals surface area contributed by atoms with Crippen LogP contribution in [0.15, 0.2) is 29.2 Å². The summed E-state index contributed by atoms with van der Waals surface area (Å²) in [5, 5.41) is 4.02. The van der Waals surface area contributed by atoms with Gasteiger partial charge in [-0.2, -0.15) is 0 Å². The van der Waals surface area contributed by atoms with Gasteiger partial charge in [-0.15, -0.1) is 0 Å². The number of hydrogen-bond donors (Lipinski definition) is 0. The second-order valence-corrected chi connectivity index (χ2v) is 8.96. The Bertz CT molecular complexity index is 1120. The second kappa shape index (κ2) is 9.68. The summed E-state index contributed by atoms with van der Waals surface area (Å²) in [6, 6.07) is 1.92. The van der Waals surface area contributed by atoms with Gasteiger partial charge < -0.3 is 14.3 Å². The van der Waals surface area contributed by atoms with E-state index in [1.165, 1.54) is 0 Å². The Morgan fingerprint density at radius 3 is 2.70 bits per heavy atom. The fourth-order valence-corrected chi connectivity index (χ4v) is 4.59. The van der Waals surface area contributed by atoms with Crippen molar-refractivity contribution >= 4 is 11.9 Å². The van der Waals surface area contributed by atoms with Gasteiger partial charge in [0.25, 0.3) is 0 Å². The number of amides is 1. The lowest BCUT2D eigenvalue weighted by Crippen LogP contribution is -2.39. The number of hydrogen-bond acceptors (Lipinski definition) is 7. The summed E-state index contributed by atoms with van der Waals surface area (Å²) in [5.41, 5.74) is 5.88. The zero-order valence-electron chi connectivity index (χ0n) is 20.1. The van der Waals surface area contributed by atoms with Crippen LogP contribution in [-0.2, 0) is 11.2 Å². The number of aryl methyl sites for hydroxylation is 3. The van der Waals surface area contributed by atoms with Crippen LogP contribution in [0.25, 0.3) is 11.1 Å². The Balaban J connectivity index is 1.68. The fraction of sp³-hybridized carbons (Fsp3) is 0.480. The van der Waals surface area contributed by atoms with Gasteiger partial charge in [-0.1, -0.05) is 5.16 Å². The number of pyridine rings is 1. The lowest BCUT2D eigenvalue weighted by molar-refractivity contribution is -0.135. The third kappa shape index (κ3) is 4.74. The summed E-state index contributed by atoms with van der Waals surface area (Å²) in [6.45, 7) is 6.60. The molecule has 0 spiro atoms. The molecule has 0 unspecified atom stereocenters. The minimum Gasteiger partial charge on any atom is -0.361 e. The van der Waals surface area contributed by atoms with Gasteiger partial charge in [-0.05, 0) is 63.6 Å². The first-order valence-electron chi connectivity index (χ1n) is 11.5. The molecule has 0 N–H and O–H groups in total. The predicted octanol–water partition coefficient (Wildman–Crippen LogP) is 4.20. The fourth-order valence-electron chi connectivity index (χ4n) is 4.59. The van der Waals surface area contributed by atoms with Crippen molar-refractivity contribution in [1.82, 2.24) is 25.0 Å². The van der Waals surface area contributed by atoms with Crippen molar-refractivity contribution in [2.45, 2.75) is 58.9 Å². The molecule has 8 heteroatoms. The lowest BCUT2D eigenvalue weighted by atomic mass is 9.92. The van der Waals surface area contributed by atoms with Gasteiger partial charge in [0.05, 0.1) is 17.4 Å². The van der Waals surface area contributed by atoms with Crippen LogP contribution < -0.4 is 4.90 Å². The zero-order chi connectivity index (χ0) is 23.5. The quantitative estimate of drug-likeness (QED) is 0.558. The lowest BCUT2D eigenvalue weighted by Gasteiger charge is -2.36. The van der Waals surface area contributed by atoms with E-state index in [9.17, 15) is 4.79 Å². The molecule has 4 rings (SSSR count). The van der Waals surface area contributed by atoms with Crippen LogP contribution in [0.1, 0.15) is 60.0 Å². The van der Waals surface area contributed by atoms with E-state index in [0.717, 1.165) is 65.2 Å². The molecule has 8 nitrogen and oxygen atoms in total. The minimum atomic E-state index is -0.0832. The molecule has 1 amide bonds. The summed E-state index contributed by atoms with van der Waals surface area (Å²) in [7, 11) is 3.87. The van der Waals surface area contributed by atoms with Gasteiger partial charge >= 0.3 is 0 Å². The van der Waals surface area contributed by atoms with Crippen LogP contribution in [0, 0.1) is 20.8 Å². The van der Waals surface area contributed by atoms with Crippen molar-refractivity contribution < 1.29 is 9.32 Å². The molecule has 4 heterocycles. The monoisotopic (exact) mass is 448 g/mol. The molecule has 1 saturated heterocycles. The Morgan fingerprint density at radius 1 is 1.18 bits per heavy atom. The molecule has 0 aromatic carbocycles. The maximum absolute atomic E-state index is 13.4. The third-order valence-corrected chi connectivity index (χ3v) is 6.42. The number of rotatable bonds is 6. The van der Waals surface area contributed by atoms with Crippen molar-refractivity contribution in [1.29, 1.82) is 0 Å². The van der Waals surface area contributed by atoms with E-state index in [-0.39, 0.29) is 11.9 Å². The van der Waals surface area contributed by atoms with E-state index in [1.54, 1.807) is 6.20 Å². The molecule has 3 aromatic heterocycles. The van der Waals surface area contributed by atoms with E-state index >= 15 is 0 Å². The normalized spacial score (nSPS) is 16.2. The molecule has 1 aliphatic rings. The summed E-state index contributed by atoms with van der Waals surface area (Å²) in [5.74, 6) is 1.58. The minimum absolute atomic E-state index is 0.0832. The summed E-state index contributed by atoms with van der Waals surface area (Å²) in [6.07, 6.45) is 9.54. The topological polar surface area (TPSA) is 88.3 Å². The highest BCUT2D eigenvalue weighted by Crippen LogP contribution is 2.37. The summed E-state index contributed by atoms with van der Waals surface area (Å²) >= 11 is 0. The van der Waals surface area contributed by atoms with Crippen LogP contribution in [0.2, 0.25) is 0 Å². The predicted molar refractivity (Wildman–Crippen MR) is 127 cm³/mol. The molecule has 1 aliphatic heterocycles. The average molecular weight is 449 g/mol. The van der Waals surface area contributed by atoms with Crippen molar-refractivity contribution in [3.05, 3.63) is 52.9 Å². The molecule has 174 valence electrons. The number of anilines is 1. The number of carbonyl (C=O) groups is 1. The average Bonchev–Trinajstić information content (AvgIpc) is 3.14. The van der Waals surface area contributed by atoms with E-state index < -0.39 is 0 Å². The SMILES string of the molecule is Cc1cnccc1-c1cnc(N(C)C)nc1[C@@H]1CCCCN1C(=O)CCc1c(C)noc1C. The molecular weight excluding hydrogens is 416 g/mol. The van der Waals surface area contributed by atoms with Crippen molar-refractivity contribution in [2.75, 3.05) is 25.5 Å². The van der Waals surface area contributed by atoms with E-state index in [4.69, 9.17) is 9.51 Å². The molecule has 33 heavy (non-hydrogen) atoms. The van der Waals surface area contributed by atoms with Crippen LogP contribution in [0.5, 0.6) is 0 Å². The first-order chi connectivity index (χ1) is 15.9. The first kappa shape index (κ1) is 22.9. The summed E-state index contributed by atoms with van der Waals surface area (Å²) in [4.78, 5) is 31.1. The number of likely N-dealkylation sites (tertiary alicyclic amines) is 1. The Labute approximate surface area is 195 Å². The van der Waals surface area contributed by atoms with Gasteiger partial charge in [0, 0.05) is 56.8 Å². The molecule has 0 bridgehead atoms. The molecule has 3 aromatic rings. The highest BCUT2D eigenvalue weighted by atomic mass is 16.5. The summed E-state index contributed by atoms with van der Waals surface area (Å²) < 4.78 is 5.27. The highest BCUT2D eigenvalue weighted by Gasteiger charge is 2.32. The van der Waals surface area contributed by atoms with Gasteiger partial charge in [0.2, 0.25) is 11.9 Å². The van der Waals surface area contributed by atoms with E-state index in [1.807, 2.05) is 63.1 Å². The Hall–Kier alpha value is -3.29. The van der Waals surface area contributed by atoms with Gasteiger partial charge in [-0.3, -0.25) is 9.78 Å². The molecule has 0 aliphatic carbocycles. The number of piperidine rings is 1. The zero-order valence-corrected chi connectivity index (χ0v) is 20.1. The van der Waals surface area contributed by atoms with Gasteiger partial charge in [0.15, 0.2) is 0 Å². The maximum Gasteiger partial charge on any atom is 0.225 e. The van der Waals surface area contributed by atoms with Crippen LogP contribution in [0.4, 0.5) is 5.95 Å². The molecule has 1 atom stereocenters. The van der Waals surface area contributed by atoms with E-state index in [2.05, 4.69) is 15.1 Å². The van der Waals surface area contributed by atoms with Gasteiger partial charge in [-0.25, -0.2) is 9.97 Å². The van der Waals surface area contributed by atoms with Gasteiger partial charge in [0.1, 0.15) is 5.76 Å². The number of aromatic nitrogens is 4. The maximum atomic E-state index is 13.4. The smallest absolute Gasteiger partial charge is 0.225 e. The Kier molecular flexibility index (Phi) is 6.72. The second-order valence-electron chi connectivity index (χ2n) is 8.96. The number of carbonyl (C=O) groups excluding carboxylic acids is 1. The standard InChI is InChI=1S/C25H32N6O2/c1-16-14-26-12-11-19(16)21-15-27-25(30(4)5)28-24(21)22-8-6-7-13-31(22)23(32)10-9-20-17(2)29-33-18(20)3/h11-12,14-15,22H,6-10,13H2,1-5H3/t22-/m0/s1. The largest absolute Gasteiger partial charge is 0.361 e. The highest BCUT2D eigenvalue weighted by molar-refractivity contribution is 5.78. The van der Waals surface area contributed by atoms with E-state index in [0.29, 0.717) is 18.8 Å². The Morgan fingerprint density at radius 2 is 2.00 bits per heavy atom. The number of nitrogens with zero attached hydrogens (tertiary/aromatic N) is 6. The van der Waals surface area contributed by atoms with Crippen molar-refractivity contribution in [3.63, 3.8) is 0 Å². The first-order valence-corrected chi connectivity index (χ1v) is 11.5. The molecule has 1 fully saturated rings. The van der Waals surface area contributed by atoms with Crippen LogP contribution in [0.3, 0.4) is 0 Å².